The molecule has 0 fully saturated rings. The second-order valence-electron chi connectivity index (χ2n) is 5.16. The number of nitrogens with one attached hydrogen (secondary N) is 1. The molecule has 0 spiro atoms. The van der Waals surface area contributed by atoms with Crippen molar-refractivity contribution >= 4 is 17.4 Å². The number of ketones is 1. The summed E-state index contributed by atoms with van der Waals surface area (Å²) in [5.74, 6) is 0.300. The lowest BCUT2D eigenvalue weighted by molar-refractivity contribution is -0.113. The van der Waals surface area contributed by atoms with Crippen LogP contribution in [0, 0.1) is 0 Å². The molecule has 0 aromatic heterocycles. The van der Waals surface area contributed by atoms with Crippen molar-refractivity contribution in [2.45, 2.75) is 13.0 Å². The molecule has 2 aromatic rings. The molecule has 4 nitrogen and oxygen atoms in total. The van der Waals surface area contributed by atoms with Gasteiger partial charge in [-0.1, -0.05) is 60.7 Å². The molecule has 22 heavy (non-hydrogen) atoms. The Hall–Kier alpha value is -2.88. The van der Waals surface area contributed by atoms with Crippen LogP contribution in [0.4, 0.5) is 0 Å². The summed E-state index contributed by atoms with van der Waals surface area (Å²) in [5, 5.41) is 3.05. The van der Waals surface area contributed by atoms with Crippen LogP contribution >= 0.6 is 0 Å². The van der Waals surface area contributed by atoms with Crippen molar-refractivity contribution in [1.82, 2.24) is 5.32 Å². The van der Waals surface area contributed by atoms with E-state index in [9.17, 15) is 4.79 Å². The Morgan fingerprint density at radius 1 is 1.05 bits per heavy atom. The Morgan fingerprint density at radius 3 is 2.23 bits per heavy atom. The third-order valence-corrected chi connectivity index (χ3v) is 3.62. The number of Topliss-reactive ketones (excluding diaryl/α,β-unsaturated/α-hetero) is 1. The molecule has 1 heterocycles. The highest BCUT2D eigenvalue weighted by Crippen LogP contribution is 2.33. The normalized spacial score (nSPS) is 17.7. The van der Waals surface area contributed by atoms with Gasteiger partial charge in [-0.3, -0.25) is 4.79 Å². The van der Waals surface area contributed by atoms with Crippen LogP contribution in [0.5, 0.6) is 0 Å². The fourth-order valence-corrected chi connectivity index (χ4v) is 2.65. The second kappa shape index (κ2) is 5.85. The zero-order valence-electron chi connectivity index (χ0n) is 12.3. The monoisotopic (exact) mass is 291 g/mol. The predicted octanol–water partition coefficient (Wildman–Crippen LogP) is 2.65. The van der Waals surface area contributed by atoms with Crippen LogP contribution in [0.25, 0.3) is 5.70 Å². The number of guanidine groups is 1. The molecule has 0 saturated carbocycles. The summed E-state index contributed by atoms with van der Waals surface area (Å²) in [6.45, 7) is 1.56. The lowest BCUT2D eigenvalue weighted by Crippen LogP contribution is -2.36. The van der Waals surface area contributed by atoms with Gasteiger partial charge in [-0.25, -0.2) is 4.99 Å². The molecule has 0 bridgehead atoms. The van der Waals surface area contributed by atoms with E-state index in [1.54, 1.807) is 6.92 Å². The van der Waals surface area contributed by atoms with Gasteiger partial charge in [0, 0.05) is 5.57 Å². The van der Waals surface area contributed by atoms with Gasteiger partial charge in [-0.05, 0) is 18.1 Å². The topological polar surface area (TPSA) is 67.5 Å². The molecule has 2 aromatic carbocycles. The van der Waals surface area contributed by atoms with Crippen molar-refractivity contribution in [3.8, 4) is 0 Å². The van der Waals surface area contributed by atoms with Gasteiger partial charge < -0.3 is 11.1 Å². The van der Waals surface area contributed by atoms with Gasteiger partial charge >= 0.3 is 0 Å². The van der Waals surface area contributed by atoms with Crippen LogP contribution in [0.3, 0.4) is 0 Å². The van der Waals surface area contributed by atoms with E-state index < -0.39 is 0 Å². The fourth-order valence-electron chi connectivity index (χ4n) is 2.65. The SMILES string of the molecule is CC(=O)C1=C(c2ccccc2)NC(N)=NC1c1ccccc1. The van der Waals surface area contributed by atoms with Crippen LogP contribution in [0.2, 0.25) is 0 Å². The lowest BCUT2D eigenvalue weighted by atomic mass is 9.91. The molecule has 0 saturated heterocycles. The van der Waals surface area contributed by atoms with Gasteiger partial charge in [0.2, 0.25) is 0 Å². The number of rotatable bonds is 3. The van der Waals surface area contributed by atoms with Crippen molar-refractivity contribution in [2.75, 3.05) is 0 Å². The number of aliphatic imine (C=N–C) groups is 1. The third kappa shape index (κ3) is 2.63. The number of hydrogen-bond donors (Lipinski definition) is 2. The molecule has 4 heteroatoms. The van der Waals surface area contributed by atoms with Crippen LogP contribution in [-0.4, -0.2) is 11.7 Å². The molecule has 3 rings (SSSR count). The number of carbonyl (C=O) groups is 1. The minimum Gasteiger partial charge on any atom is -0.370 e. The Kier molecular flexibility index (Phi) is 3.74. The molecular weight excluding hydrogens is 274 g/mol. The molecule has 1 aliphatic rings. The van der Waals surface area contributed by atoms with Gasteiger partial charge in [0.25, 0.3) is 0 Å². The summed E-state index contributed by atoms with van der Waals surface area (Å²) >= 11 is 0. The van der Waals surface area contributed by atoms with E-state index in [1.165, 1.54) is 0 Å². The maximum Gasteiger partial charge on any atom is 0.194 e. The summed E-state index contributed by atoms with van der Waals surface area (Å²) < 4.78 is 0. The Labute approximate surface area is 129 Å². The highest BCUT2D eigenvalue weighted by atomic mass is 16.1. The molecule has 0 amide bonds. The number of benzene rings is 2. The lowest BCUT2D eigenvalue weighted by Gasteiger charge is -2.26. The first-order chi connectivity index (χ1) is 10.7. The molecule has 1 unspecified atom stereocenters. The maximum absolute atomic E-state index is 12.3. The van der Waals surface area contributed by atoms with Crippen molar-refractivity contribution in [3.05, 3.63) is 77.4 Å². The van der Waals surface area contributed by atoms with Crippen LogP contribution in [-0.2, 0) is 4.79 Å². The third-order valence-electron chi connectivity index (χ3n) is 3.62. The van der Waals surface area contributed by atoms with E-state index >= 15 is 0 Å². The van der Waals surface area contributed by atoms with Crippen molar-refractivity contribution in [3.63, 3.8) is 0 Å². The van der Waals surface area contributed by atoms with Gasteiger partial charge in [0.1, 0.15) is 6.04 Å². The van der Waals surface area contributed by atoms with Crippen molar-refractivity contribution in [1.29, 1.82) is 0 Å². The van der Waals surface area contributed by atoms with E-state index in [4.69, 9.17) is 5.73 Å². The van der Waals surface area contributed by atoms with Gasteiger partial charge in [-0.2, -0.15) is 0 Å². The first-order valence-electron chi connectivity index (χ1n) is 7.12. The highest BCUT2D eigenvalue weighted by Gasteiger charge is 2.28. The molecule has 0 radical (unpaired) electrons. The van der Waals surface area contributed by atoms with Crippen LogP contribution in [0.15, 0.2) is 71.2 Å². The molecular formula is C18H17N3O. The Bertz CT molecular complexity index is 748. The van der Waals surface area contributed by atoms with Crippen molar-refractivity contribution < 1.29 is 4.79 Å². The predicted molar refractivity (Wildman–Crippen MR) is 88.0 cm³/mol. The Morgan fingerprint density at radius 2 is 1.64 bits per heavy atom. The largest absolute Gasteiger partial charge is 0.370 e. The van der Waals surface area contributed by atoms with E-state index in [2.05, 4.69) is 10.3 Å². The van der Waals surface area contributed by atoms with Crippen molar-refractivity contribution in [2.24, 2.45) is 10.7 Å². The van der Waals surface area contributed by atoms with E-state index in [-0.39, 0.29) is 11.8 Å². The minimum absolute atomic E-state index is 0.0172. The zero-order chi connectivity index (χ0) is 15.5. The van der Waals surface area contributed by atoms with Gasteiger partial charge in [0.15, 0.2) is 11.7 Å². The number of nitrogens with two attached hydrogens (primary N) is 1. The second-order valence-corrected chi connectivity index (χ2v) is 5.16. The van der Waals surface area contributed by atoms with Gasteiger partial charge in [0.05, 0.1) is 5.70 Å². The summed E-state index contributed by atoms with van der Waals surface area (Å²) in [7, 11) is 0. The summed E-state index contributed by atoms with van der Waals surface area (Å²) in [5.41, 5.74) is 9.18. The minimum atomic E-state index is -0.379. The number of carbonyl (C=O) groups excluding carboxylic acids is 1. The average molecular weight is 291 g/mol. The molecule has 1 atom stereocenters. The zero-order valence-corrected chi connectivity index (χ0v) is 12.3. The smallest absolute Gasteiger partial charge is 0.194 e. The van der Waals surface area contributed by atoms with E-state index in [1.807, 2.05) is 60.7 Å². The quantitative estimate of drug-likeness (QED) is 0.913. The molecule has 0 aliphatic carbocycles. The van der Waals surface area contributed by atoms with Gasteiger partial charge in [-0.15, -0.1) is 0 Å². The first kappa shape index (κ1) is 14.1. The fraction of sp³-hybridized carbons (Fsp3) is 0.111. The highest BCUT2D eigenvalue weighted by molar-refractivity contribution is 6.06. The van der Waals surface area contributed by atoms with Crippen LogP contribution < -0.4 is 11.1 Å². The summed E-state index contributed by atoms with van der Waals surface area (Å²) in [4.78, 5) is 16.7. The maximum atomic E-state index is 12.3. The molecule has 110 valence electrons. The first-order valence-corrected chi connectivity index (χ1v) is 7.12. The average Bonchev–Trinajstić information content (AvgIpc) is 2.55. The standard InChI is InChI=1S/C18H17N3O/c1-12(22)15-16(13-8-4-2-5-9-13)20-18(19)21-17(15)14-10-6-3-7-11-14/h2-11,16H,1H3,(H3,19,20,21). The summed E-state index contributed by atoms with van der Waals surface area (Å²) in [6.07, 6.45) is 0. The molecule has 1 aliphatic heterocycles. The Balaban J connectivity index is 2.18. The summed E-state index contributed by atoms with van der Waals surface area (Å²) in [6, 6.07) is 19.0. The van der Waals surface area contributed by atoms with Crippen LogP contribution in [0.1, 0.15) is 24.1 Å². The molecule has 3 N–H and O–H groups in total. The van der Waals surface area contributed by atoms with E-state index in [0.717, 1.165) is 16.8 Å². The number of nitrogens with zero attached hydrogens (tertiary/aromatic N) is 1. The van der Waals surface area contributed by atoms with E-state index in [0.29, 0.717) is 11.5 Å². The number of hydrogen-bond acceptors (Lipinski definition) is 4.